The van der Waals surface area contributed by atoms with Crippen molar-refractivity contribution in [3.63, 3.8) is 0 Å². The summed E-state index contributed by atoms with van der Waals surface area (Å²) in [7, 11) is 0. The highest BCUT2D eigenvalue weighted by Gasteiger charge is 2.24. The molecule has 35 heavy (non-hydrogen) atoms. The van der Waals surface area contributed by atoms with Gasteiger partial charge in [0.2, 0.25) is 0 Å². The van der Waals surface area contributed by atoms with Crippen molar-refractivity contribution >= 4 is 68.9 Å². The fraction of sp³-hybridized carbons (Fsp3) is 0.143. The van der Waals surface area contributed by atoms with E-state index in [-0.39, 0.29) is 5.91 Å². The van der Waals surface area contributed by atoms with Gasteiger partial charge >= 0.3 is 0 Å². The van der Waals surface area contributed by atoms with Crippen LogP contribution in [0.3, 0.4) is 0 Å². The molecule has 3 aromatic carbocycles. The standard InChI is InChI=1S/C28H24ClN3OS2/c1-18-7-12-24(19(2)15-18)30-28-31-27(33)26(35-28)16-20-17-32(25-6-4-3-5-23(20)25)13-14-34-22-10-8-21(29)9-11-22/h3-12,15-17H,13-14H2,1-2H3,(H,30,31,33)/b26-16-. The lowest BCUT2D eigenvalue weighted by Crippen LogP contribution is -2.19. The molecule has 0 atom stereocenters. The molecule has 1 aromatic heterocycles. The van der Waals surface area contributed by atoms with E-state index in [4.69, 9.17) is 11.6 Å². The Hall–Kier alpha value is -2.93. The normalized spacial score (nSPS) is 15.9. The predicted molar refractivity (Wildman–Crippen MR) is 151 cm³/mol. The lowest BCUT2D eigenvalue weighted by Gasteiger charge is -2.05. The number of hydrogen-bond acceptors (Lipinski definition) is 4. The molecule has 0 radical (unpaired) electrons. The molecule has 0 unspecified atom stereocenters. The van der Waals surface area contributed by atoms with Crippen LogP contribution in [0.2, 0.25) is 5.02 Å². The van der Waals surface area contributed by atoms with Gasteiger partial charge in [-0.15, -0.1) is 11.8 Å². The molecule has 4 nitrogen and oxygen atoms in total. The number of halogens is 1. The minimum Gasteiger partial charge on any atom is -0.346 e. The zero-order valence-electron chi connectivity index (χ0n) is 19.4. The number of aliphatic imine (C=N–C) groups is 1. The summed E-state index contributed by atoms with van der Waals surface area (Å²) in [4.78, 5) is 19.2. The number of amides is 1. The summed E-state index contributed by atoms with van der Waals surface area (Å²) in [6.07, 6.45) is 4.10. The molecule has 1 amide bonds. The van der Waals surface area contributed by atoms with Crippen LogP contribution in [0.1, 0.15) is 16.7 Å². The first-order valence-electron chi connectivity index (χ1n) is 11.3. The molecular formula is C28H24ClN3OS2. The van der Waals surface area contributed by atoms with Gasteiger partial charge in [0.1, 0.15) is 0 Å². The van der Waals surface area contributed by atoms with Gasteiger partial charge in [-0.25, -0.2) is 4.99 Å². The van der Waals surface area contributed by atoms with Crippen LogP contribution in [-0.4, -0.2) is 21.4 Å². The number of para-hydroxylation sites is 1. The van der Waals surface area contributed by atoms with Gasteiger partial charge in [-0.2, -0.15) is 0 Å². The highest BCUT2D eigenvalue weighted by atomic mass is 35.5. The Morgan fingerprint density at radius 3 is 2.69 bits per heavy atom. The highest BCUT2D eigenvalue weighted by Crippen LogP contribution is 2.32. The summed E-state index contributed by atoms with van der Waals surface area (Å²) in [5, 5.41) is 5.40. The van der Waals surface area contributed by atoms with Crippen LogP contribution in [0, 0.1) is 13.8 Å². The van der Waals surface area contributed by atoms with Crippen molar-refractivity contribution in [2.45, 2.75) is 25.3 Å². The van der Waals surface area contributed by atoms with Gasteiger partial charge in [0.25, 0.3) is 5.91 Å². The lowest BCUT2D eigenvalue weighted by molar-refractivity contribution is -0.115. The molecule has 0 bridgehead atoms. The number of carbonyl (C=O) groups is 1. The fourth-order valence-corrected chi connectivity index (χ4v) is 5.83. The van der Waals surface area contributed by atoms with Crippen LogP contribution in [0.15, 0.2) is 87.7 Å². The number of benzene rings is 3. The molecule has 0 spiro atoms. The van der Waals surface area contributed by atoms with E-state index in [1.165, 1.54) is 22.2 Å². The predicted octanol–water partition coefficient (Wildman–Crippen LogP) is 7.60. The Morgan fingerprint density at radius 1 is 1.09 bits per heavy atom. The van der Waals surface area contributed by atoms with Crippen molar-refractivity contribution < 1.29 is 4.79 Å². The summed E-state index contributed by atoms with van der Waals surface area (Å²) in [5.41, 5.74) is 5.34. The largest absolute Gasteiger partial charge is 0.346 e. The Kier molecular flexibility index (Phi) is 7.04. The van der Waals surface area contributed by atoms with Gasteiger partial charge in [-0.3, -0.25) is 4.79 Å². The van der Waals surface area contributed by atoms with Crippen molar-refractivity contribution in [2.75, 3.05) is 5.75 Å². The quantitative estimate of drug-likeness (QED) is 0.211. The van der Waals surface area contributed by atoms with E-state index in [1.807, 2.05) is 61.5 Å². The minimum absolute atomic E-state index is 0.117. The number of rotatable bonds is 6. The maximum absolute atomic E-state index is 12.7. The first kappa shape index (κ1) is 23.8. The van der Waals surface area contributed by atoms with E-state index in [2.05, 4.69) is 46.2 Å². The smallest absolute Gasteiger partial charge is 0.264 e. The summed E-state index contributed by atoms with van der Waals surface area (Å²) in [6, 6.07) is 22.4. The Bertz CT molecular complexity index is 1470. The van der Waals surface area contributed by atoms with E-state index in [0.717, 1.165) is 45.0 Å². The van der Waals surface area contributed by atoms with Gasteiger partial charge in [0, 0.05) is 44.9 Å². The average Bonchev–Trinajstić information content (AvgIpc) is 3.37. The number of carbonyl (C=O) groups excluding carboxylic acids is 1. The monoisotopic (exact) mass is 517 g/mol. The molecule has 5 rings (SSSR count). The van der Waals surface area contributed by atoms with E-state index in [9.17, 15) is 4.79 Å². The van der Waals surface area contributed by atoms with Gasteiger partial charge < -0.3 is 9.88 Å². The van der Waals surface area contributed by atoms with Gasteiger partial charge in [0.05, 0.1) is 10.6 Å². The SMILES string of the molecule is Cc1ccc(N=C2NC(=O)/C(=C/c3cn(CCSc4ccc(Cl)cc4)c4ccccc34)S2)c(C)c1. The van der Waals surface area contributed by atoms with Crippen LogP contribution in [0.5, 0.6) is 0 Å². The molecule has 1 aliphatic rings. The Balaban J connectivity index is 1.36. The minimum atomic E-state index is -0.117. The van der Waals surface area contributed by atoms with Crippen molar-refractivity contribution in [1.82, 2.24) is 9.88 Å². The summed E-state index contributed by atoms with van der Waals surface area (Å²) in [6.45, 7) is 4.95. The molecule has 2 heterocycles. The van der Waals surface area contributed by atoms with Crippen LogP contribution in [-0.2, 0) is 11.3 Å². The molecule has 7 heteroatoms. The molecular weight excluding hydrogens is 494 g/mol. The summed E-state index contributed by atoms with van der Waals surface area (Å²) < 4.78 is 2.26. The third kappa shape index (κ3) is 5.50. The number of thioether (sulfide) groups is 2. The number of hydrogen-bond donors (Lipinski definition) is 1. The van der Waals surface area contributed by atoms with Crippen LogP contribution >= 0.6 is 35.1 Å². The lowest BCUT2D eigenvalue weighted by atomic mass is 10.1. The zero-order valence-corrected chi connectivity index (χ0v) is 21.8. The fourth-order valence-electron chi connectivity index (χ4n) is 4.03. The third-order valence-corrected chi connectivity index (χ3v) is 7.90. The maximum Gasteiger partial charge on any atom is 0.264 e. The van der Waals surface area contributed by atoms with Crippen LogP contribution < -0.4 is 5.32 Å². The second-order valence-electron chi connectivity index (χ2n) is 8.37. The van der Waals surface area contributed by atoms with Crippen LogP contribution in [0.4, 0.5) is 5.69 Å². The number of fused-ring (bicyclic) bond motifs is 1. The first-order valence-corrected chi connectivity index (χ1v) is 13.5. The molecule has 1 N–H and O–H groups in total. The van der Waals surface area contributed by atoms with Crippen molar-refractivity contribution in [1.29, 1.82) is 0 Å². The zero-order chi connectivity index (χ0) is 24.4. The van der Waals surface area contributed by atoms with E-state index >= 15 is 0 Å². The van der Waals surface area contributed by atoms with Crippen LogP contribution in [0.25, 0.3) is 17.0 Å². The van der Waals surface area contributed by atoms with Crippen molar-refractivity contribution in [3.8, 4) is 0 Å². The summed E-state index contributed by atoms with van der Waals surface area (Å²) in [5.74, 6) is 0.812. The third-order valence-electron chi connectivity index (χ3n) is 5.75. The van der Waals surface area contributed by atoms with E-state index in [0.29, 0.717) is 10.1 Å². The Labute approximate surface area is 218 Å². The molecule has 1 fully saturated rings. The molecule has 1 aliphatic heterocycles. The van der Waals surface area contributed by atoms with Gasteiger partial charge in [-0.05, 0) is 73.6 Å². The maximum atomic E-state index is 12.7. The van der Waals surface area contributed by atoms with Crippen molar-refractivity contribution in [3.05, 3.63) is 99.5 Å². The molecule has 176 valence electrons. The molecule has 1 saturated heterocycles. The van der Waals surface area contributed by atoms with Gasteiger partial charge in [-0.1, -0.05) is 47.5 Å². The first-order chi connectivity index (χ1) is 17.0. The molecule has 0 aliphatic carbocycles. The Morgan fingerprint density at radius 2 is 1.89 bits per heavy atom. The average molecular weight is 518 g/mol. The molecule has 4 aromatic rings. The molecule has 0 saturated carbocycles. The second-order valence-corrected chi connectivity index (χ2v) is 11.0. The summed E-state index contributed by atoms with van der Waals surface area (Å²) >= 11 is 9.18. The van der Waals surface area contributed by atoms with E-state index < -0.39 is 0 Å². The topological polar surface area (TPSA) is 46.4 Å². The second kappa shape index (κ2) is 10.4. The highest BCUT2D eigenvalue weighted by molar-refractivity contribution is 8.18. The number of aromatic nitrogens is 1. The van der Waals surface area contributed by atoms with E-state index in [1.54, 1.807) is 11.8 Å². The number of amidine groups is 1. The number of aryl methyl sites for hydroxylation is 3. The number of nitrogens with zero attached hydrogens (tertiary/aromatic N) is 2. The van der Waals surface area contributed by atoms with Gasteiger partial charge in [0.15, 0.2) is 5.17 Å². The number of nitrogens with one attached hydrogen (secondary N) is 1. The van der Waals surface area contributed by atoms with Crippen molar-refractivity contribution in [2.24, 2.45) is 4.99 Å².